The van der Waals surface area contributed by atoms with E-state index < -0.39 is 0 Å². The molecule has 8 rings (SSSR count). The lowest BCUT2D eigenvalue weighted by Gasteiger charge is -2.13. The number of hydrogen-bond acceptors (Lipinski definition) is 3. The van der Waals surface area contributed by atoms with Crippen LogP contribution in [0, 0.1) is 0 Å². The van der Waals surface area contributed by atoms with Crippen LogP contribution in [0.2, 0.25) is 0 Å². The largest absolute Gasteiger partial charge is 0.309 e. The van der Waals surface area contributed by atoms with E-state index in [0.717, 1.165) is 34.2 Å². The number of fused-ring (bicyclic) bond motifs is 4. The summed E-state index contributed by atoms with van der Waals surface area (Å²) in [7, 11) is 0. The van der Waals surface area contributed by atoms with Gasteiger partial charge in [0.1, 0.15) is 0 Å². The Kier molecular flexibility index (Phi) is 4.96. The normalized spacial score (nSPS) is 11.6. The van der Waals surface area contributed by atoms with Crippen LogP contribution in [0.3, 0.4) is 0 Å². The van der Waals surface area contributed by atoms with Crippen molar-refractivity contribution in [3.05, 3.63) is 133 Å². The molecular formula is C34H22N4S. The molecule has 0 saturated heterocycles. The Morgan fingerprint density at radius 3 is 1.74 bits per heavy atom. The lowest BCUT2D eigenvalue weighted by molar-refractivity contribution is 1.07. The first-order valence-corrected chi connectivity index (χ1v) is 13.8. The van der Waals surface area contributed by atoms with Crippen LogP contribution in [0.1, 0.15) is 0 Å². The minimum absolute atomic E-state index is 0.818. The van der Waals surface area contributed by atoms with E-state index in [2.05, 4.69) is 116 Å². The summed E-state index contributed by atoms with van der Waals surface area (Å²) in [5.74, 6) is 1.64. The van der Waals surface area contributed by atoms with Gasteiger partial charge in [-0.1, -0.05) is 78.9 Å². The first kappa shape index (κ1) is 22.0. The highest BCUT2D eigenvalue weighted by Gasteiger charge is 2.18. The van der Waals surface area contributed by atoms with Crippen molar-refractivity contribution >= 4 is 43.2 Å². The topological polar surface area (TPSA) is 35.6 Å². The third-order valence-corrected chi connectivity index (χ3v) is 8.22. The second-order valence-corrected chi connectivity index (χ2v) is 10.6. The summed E-state index contributed by atoms with van der Waals surface area (Å²) in [4.78, 5) is 0. The van der Waals surface area contributed by atoms with Gasteiger partial charge >= 0.3 is 0 Å². The van der Waals surface area contributed by atoms with E-state index in [-0.39, 0.29) is 0 Å². The summed E-state index contributed by atoms with van der Waals surface area (Å²) in [6.45, 7) is 0. The maximum Gasteiger partial charge on any atom is 0.168 e. The van der Waals surface area contributed by atoms with Gasteiger partial charge in [-0.2, -0.15) is 0 Å². The number of aromatic nitrogens is 4. The lowest BCUT2D eigenvalue weighted by atomic mass is 10.1. The summed E-state index contributed by atoms with van der Waals surface area (Å²) in [6.07, 6.45) is 0. The van der Waals surface area contributed by atoms with Crippen LogP contribution in [-0.4, -0.2) is 19.3 Å². The highest BCUT2D eigenvalue weighted by Crippen LogP contribution is 2.37. The second kappa shape index (κ2) is 8.79. The molecule has 3 aromatic heterocycles. The van der Waals surface area contributed by atoms with Gasteiger partial charge < -0.3 is 4.57 Å². The van der Waals surface area contributed by atoms with Crippen LogP contribution < -0.4 is 0 Å². The summed E-state index contributed by atoms with van der Waals surface area (Å²) < 4.78 is 5.83. The molecule has 0 aliphatic rings. The molecule has 0 saturated carbocycles. The zero-order valence-corrected chi connectivity index (χ0v) is 21.7. The second-order valence-electron chi connectivity index (χ2n) is 9.61. The van der Waals surface area contributed by atoms with E-state index in [1.165, 1.54) is 31.9 Å². The molecule has 5 heteroatoms. The van der Waals surface area contributed by atoms with Crippen molar-refractivity contribution in [2.75, 3.05) is 0 Å². The van der Waals surface area contributed by atoms with Gasteiger partial charge in [0.25, 0.3) is 0 Å². The number of thiophene rings is 1. The quantitative estimate of drug-likeness (QED) is 0.233. The van der Waals surface area contributed by atoms with Crippen molar-refractivity contribution in [1.82, 2.24) is 19.3 Å². The summed E-state index contributed by atoms with van der Waals surface area (Å²) in [6, 6.07) is 44.7. The zero-order valence-electron chi connectivity index (χ0n) is 20.9. The molecule has 0 fully saturated rings. The highest BCUT2D eigenvalue weighted by atomic mass is 32.1. The molecule has 0 aliphatic heterocycles. The minimum atomic E-state index is 0.818. The van der Waals surface area contributed by atoms with Crippen LogP contribution in [0.15, 0.2) is 133 Å². The number of para-hydroxylation sites is 1. The SMILES string of the molecule is c1ccc(-c2nnc(-c3ccccc3)n2-c2ccc(-n3c4ccccc4c4cc5sccc5cc43)cc2)cc1. The predicted molar refractivity (Wildman–Crippen MR) is 162 cm³/mol. The Bertz CT molecular complexity index is 2040. The Balaban J connectivity index is 1.33. The standard InChI is InChI=1S/C34H22N4S/c1-3-9-23(10-4-1)33-35-36-34(24-11-5-2-6-12-24)38(33)27-17-15-26(16-18-27)37-30-14-8-7-13-28(30)29-22-32-25(19-20-39-32)21-31(29)37/h1-22H. The molecule has 4 nitrogen and oxygen atoms in total. The van der Waals surface area contributed by atoms with Gasteiger partial charge in [0.15, 0.2) is 11.6 Å². The first-order valence-electron chi connectivity index (χ1n) is 12.9. The smallest absolute Gasteiger partial charge is 0.168 e. The highest BCUT2D eigenvalue weighted by molar-refractivity contribution is 7.17. The maximum absolute atomic E-state index is 4.63. The van der Waals surface area contributed by atoms with Crippen LogP contribution >= 0.6 is 11.3 Å². The number of nitrogens with zero attached hydrogens (tertiary/aromatic N) is 4. The molecular weight excluding hydrogens is 496 g/mol. The Hall–Kier alpha value is -5.00. The fraction of sp³-hybridized carbons (Fsp3) is 0. The molecule has 184 valence electrons. The van der Waals surface area contributed by atoms with Crippen molar-refractivity contribution < 1.29 is 0 Å². The molecule has 39 heavy (non-hydrogen) atoms. The molecule has 0 bridgehead atoms. The van der Waals surface area contributed by atoms with Gasteiger partial charge in [-0.25, -0.2) is 0 Å². The molecule has 5 aromatic carbocycles. The molecule has 0 amide bonds. The van der Waals surface area contributed by atoms with Gasteiger partial charge in [0.2, 0.25) is 0 Å². The van der Waals surface area contributed by atoms with E-state index in [1.807, 2.05) is 36.4 Å². The summed E-state index contributed by atoms with van der Waals surface area (Å²) in [5.41, 5.74) is 6.61. The molecule has 3 heterocycles. The Morgan fingerprint density at radius 1 is 0.487 bits per heavy atom. The van der Waals surface area contributed by atoms with Gasteiger partial charge in [-0.3, -0.25) is 4.57 Å². The van der Waals surface area contributed by atoms with E-state index in [4.69, 9.17) is 0 Å². The lowest BCUT2D eigenvalue weighted by Crippen LogP contribution is -2.01. The van der Waals surface area contributed by atoms with Crippen molar-refractivity contribution in [2.45, 2.75) is 0 Å². The van der Waals surface area contributed by atoms with E-state index in [1.54, 1.807) is 11.3 Å². The number of benzene rings is 5. The molecule has 8 aromatic rings. The first-order chi connectivity index (χ1) is 19.3. The van der Waals surface area contributed by atoms with Crippen LogP contribution in [0.4, 0.5) is 0 Å². The average Bonchev–Trinajstić information content (AvgIpc) is 3.73. The van der Waals surface area contributed by atoms with Gasteiger partial charge in [0.05, 0.1) is 11.0 Å². The van der Waals surface area contributed by atoms with Crippen LogP contribution in [0.5, 0.6) is 0 Å². The van der Waals surface area contributed by atoms with Crippen LogP contribution in [0.25, 0.3) is 66.0 Å². The molecule has 0 radical (unpaired) electrons. The van der Waals surface area contributed by atoms with Crippen molar-refractivity contribution in [3.63, 3.8) is 0 Å². The molecule has 0 atom stereocenters. The summed E-state index contributed by atoms with van der Waals surface area (Å²) in [5, 5.41) is 15.2. The monoisotopic (exact) mass is 518 g/mol. The minimum Gasteiger partial charge on any atom is -0.309 e. The third-order valence-electron chi connectivity index (χ3n) is 7.34. The molecule has 0 N–H and O–H groups in total. The predicted octanol–water partition coefficient (Wildman–Crippen LogP) is 8.91. The van der Waals surface area contributed by atoms with Gasteiger partial charge in [-0.05, 0) is 59.3 Å². The van der Waals surface area contributed by atoms with E-state index in [0.29, 0.717) is 0 Å². The van der Waals surface area contributed by atoms with E-state index >= 15 is 0 Å². The molecule has 0 unspecified atom stereocenters. The number of rotatable bonds is 4. The number of hydrogen-bond donors (Lipinski definition) is 0. The Morgan fingerprint density at radius 2 is 1.08 bits per heavy atom. The summed E-state index contributed by atoms with van der Waals surface area (Å²) >= 11 is 1.79. The fourth-order valence-corrected chi connectivity index (χ4v) is 6.34. The van der Waals surface area contributed by atoms with E-state index in [9.17, 15) is 0 Å². The molecule has 0 aliphatic carbocycles. The van der Waals surface area contributed by atoms with Crippen molar-refractivity contribution in [1.29, 1.82) is 0 Å². The average molecular weight is 519 g/mol. The zero-order chi connectivity index (χ0) is 25.8. The van der Waals surface area contributed by atoms with Gasteiger partial charge in [-0.15, -0.1) is 21.5 Å². The Labute approximate surface area is 229 Å². The maximum atomic E-state index is 4.63. The third kappa shape index (κ3) is 3.51. The van der Waals surface area contributed by atoms with Crippen molar-refractivity contribution in [3.8, 4) is 34.2 Å². The fourth-order valence-electron chi connectivity index (χ4n) is 5.53. The van der Waals surface area contributed by atoms with Crippen molar-refractivity contribution in [2.24, 2.45) is 0 Å². The molecule has 0 spiro atoms. The van der Waals surface area contributed by atoms with Crippen LogP contribution in [-0.2, 0) is 0 Å². The van der Waals surface area contributed by atoms with Gasteiger partial charge in [0, 0.05) is 38.0 Å².